The quantitative estimate of drug-likeness (QED) is 0.850. The van der Waals surface area contributed by atoms with Gasteiger partial charge in [0.2, 0.25) is 0 Å². The van der Waals surface area contributed by atoms with Crippen LogP contribution in [-0.4, -0.2) is 29.9 Å². The zero-order valence-electron chi connectivity index (χ0n) is 12.1. The molecule has 1 aliphatic rings. The predicted octanol–water partition coefficient (Wildman–Crippen LogP) is 3.38. The zero-order chi connectivity index (χ0) is 13.8. The minimum atomic E-state index is 0.118. The van der Waals surface area contributed by atoms with Gasteiger partial charge in [-0.25, -0.2) is 0 Å². The SMILES string of the molecule is CCN(CC)C(=O)c1cccc(NC(C)C2CC2)c1. The first kappa shape index (κ1) is 13.9. The molecule has 0 radical (unpaired) electrons. The highest BCUT2D eigenvalue weighted by Gasteiger charge is 2.27. The molecule has 0 aliphatic heterocycles. The Morgan fingerprint density at radius 1 is 1.37 bits per heavy atom. The number of amides is 1. The minimum Gasteiger partial charge on any atom is -0.382 e. The van der Waals surface area contributed by atoms with Gasteiger partial charge in [-0.3, -0.25) is 4.79 Å². The standard InChI is InChI=1S/C16H24N2O/c1-4-18(5-2)16(19)14-7-6-8-15(11-14)17-12(3)13-9-10-13/h6-8,11-13,17H,4-5,9-10H2,1-3H3. The van der Waals surface area contributed by atoms with Crippen molar-refractivity contribution < 1.29 is 4.79 Å². The number of rotatable bonds is 6. The van der Waals surface area contributed by atoms with Crippen LogP contribution in [0.2, 0.25) is 0 Å². The Bertz CT molecular complexity index is 436. The summed E-state index contributed by atoms with van der Waals surface area (Å²) in [6, 6.07) is 8.36. The Morgan fingerprint density at radius 3 is 2.63 bits per heavy atom. The number of nitrogens with zero attached hydrogens (tertiary/aromatic N) is 1. The molecule has 1 unspecified atom stereocenters. The van der Waals surface area contributed by atoms with Crippen molar-refractivity contribution in [3.05, 3.63) is 29.8 Å². The van der Waals surface area contributed by atoms with E-state index in [0.29, 0.717) is 6.04 Å². The van der Waals surface area contributed by atoms with Gasteiger partial charge in [0.15, 0.2) is 0 Å². The van der Waals surface area contributed by atoms with Crippen molar-refractivity contribution in [2.75, 3.05) is 18.4 Å². The first-order valence-electron chi connectivity index (χ1n) is 7.31. The van der Waals surface area contributed by atoms with E-state index in [1.807, 2.05) is 43.0 Å². The molecule has 0 aromatic heterocycles. The van der Waals surface area contributed by atoms with Gasteiger partial charge in [-0.15, -0.1) is 0 Å². The molecule has 0 saturated heterocycles. The van der Waals surface area contributed by atoms with Crippen LogP contribution in [0.5, 0.6) is 0 Å². The number of benzene rings is 1. The average Bonchev–Trinajstić information content (AvgIpc) is 3.24. The summed E-state index contributed by atoms with van der Waals surface area (Å²) in [7, 11) is 0. The Hall–Kier alpha value is -1.51. The zero-order valence-corrected chi connectivity index (χ0v) is 12.1. The second-order valence-corrected chi connectivity index (χ2v) is 5.33. The molecule has 19 heavy (non-hydrogen) atoms. The molecule has 104 valence electrons. The van der Waals surface area contributed by atoms with Gasteiger partial charge in [0.25, 0.3) is 5.91 Å². The van der Waals surface area contributed by atoms with Crippen molar-refractivity contribution in [3.8, 4) is 0 Å². The second-order valence-electron chi connectivity index (χ2n) is 5.33. The van der Waals surface area contributed by atoms with Crippen LogP contribution in [0.1, 0.15) is 44.0 Å². The molecule has 1 aromatic carbocycles. The highest BCUT2D eigenvalue weighted by Crippen LogP contribution is 2.34. The highest BCUT2D eigenvalue weighted by atomic mass is 16.2. The number of carbonyl (C=O) groups is 1. The minimum absolute atomic E-state index is 0.118. The van der Waals surface area contributed by atoms with E-state index in [9.17, 15) is 4.79 Å². The van der Waals surface area contributed by atoms with Crippen LogP contribution in [0.25, 0.3) is 0 Å². The summed E-state index contributed by atoms with van der Waals surface area (Å²) < 4.78 is 0. The van der Waals surface area contributed by atoms with Crippen LogP contribution < -0.4 is 5.32 Å². The van der Waals surface area contributed by atoms with Crippen LogP contribution in [0.4, 0.5) is 5.69 Å². The van der Waals surface area contributed by atoms with Crippen LogP contribution in [0.3, 0.4) is 0 Å². The van der Waals surface area contributed by atoms with Gasteiger partial charge in [-0.1, -0.05) is 6.07 Å². The Morgan fingerprint density at radius 2 is 2.05 bits per heavy atom. The molecule has 3 heteroatoms. The third-order valence-electron chi connectivity index (χ3n) is 3.88. The first-order valence-corrected chi connectivity index (χ1v) is 7.31. The van der Waals surface area contributed by atoms with E-state index in [1.165, 1.54) is 12.8 Å². The Labute approximate surface area is 116 Å². The van der Waals surface area contributed by atoms with Gasteiger partial charge >= 0.3 is 0 Å². The smallest absolute Gasteiger partial charge is 0.253 e. The number of hydrogen-bond acceptors (Lipinski definition) is 2. The lowest BCUT2D eigenvalue weighted by molar-refractivity contribution is 0.0773. The molecule has 1 fully saturated rings. The summed E-state index contributed by atoms with van der Waals surface area (Å²) in [5, 5.41) is 3.50. The fraction of sp³-hybridized carbons (Fsp3) is 0.562. The Balaban J connectivity index is 2.07. The normalized spacial score (nSPS) is 15.9. The monoisotopic (exact) mass is 260 g/mol. The number of anilines is 1. The number of nitrogens with one attached hydrogen (secondary N) is 1. The molecule has 1 N–H and O–H groups in total. The van der Waals surface area contributed by atoms with Gasteiger partial charge < -0.3 is 10.2 Å². The van der Waals surface area contributed by atoms with Gasteiger partial charge in [0.1, 0.15) is 0 Å². The van der Waals surface area contributed by atoms with Crippen LogP contribution in [0, 0.1) is 5.92 Å². The molecule has 1 saturated carbocycles. The predicted molar refractivity (Wildman–Crippen MR) is 79.5 cm³/mol. The lowest BCUT2D eigenvalue weighted by Crippen LogP contribution is -2.30. The third kappa shape index (κ3) is 3.49. The molecule has 0 bridgehead atoms. The van der Waals surface area contributed by atoms with Crippen molar-refractivity contribution >= 4 is 11.6 Å². The number of carbonyl (C=O) groups excluding carboxylic acids is 1. The molecule has 0 spiro atoms. The summed E-state index contributed by atoms with van der Waals surface area (Å²) >= 11 is 0. The summed E-state index contributed by atoms with van der Waals surface area (Å²) in [6.07, 6.45) is 2.65. The maximum Gasteiger partial charge on any atom is 0.253 e. The van der Waals surface area contributed by atoms with Crippen molar-refractivity contribution in [1.29, 1.82) is 0 Å². The van der Waals surface area contributed by atoms with Crippen molar-refractivity contribution in [3.63, 3.8) is 0 Å². The van der Waals surface area contributed by atoms with Crippen molar-refractivity contribution in [2.24, 2.45) is 5.92 Å². The van der Waals surface area contributed by atoms with Gasteiger partial charge in [-0.05, 0) is 57.7 Å². The van der Waals surface area contributed by atoms with E-state index < -0.39 is 0 Å². The van der Waals surface area contributed by atoms with E-state index >= 15 is 0 Å². The molecular weight excluding hydrogens is 236 g/mol. The third-order valence-corrected chi connectivity index (χ3v) is 3.88. The molecule has 1 aromatic rings. The summed E-state index contributed by atoms with van der Waals surface area (Å²) in [5.41, 5.74) is 1.83. The van der Waals surface area contributed by atoms with Crippen LogP contribution in [-0.2, 0) is 0 Å². The fourth-order valence-electron chi connectivity index (χ4n) is 2.41. The molecule has 1 aliphatic carbocycles. The first-order chi connectivity index (χ1) is 9.15. The summed E-state index contributed by atoms with van der Waals surface area (Å²) in [5.74, 6) is 0.926. The van der Waals surface area contributed by atoms with E-state index in [4.69, 9.17) is 0 Å². The lowest BCUT2D eigenvalue weighted by Gasteiger charge is -2.20. The van der Waals surface area contributed by atoms with Gasteiger partial charge in [0, 0.05) is 30.4 Å². The second kappa shape index (κ2) is 6.09. The summed E-state index contributed by atoms with van der Waals surface area (Å²) in [4.78, 5) is 14.1. The van der Waals surface area contributed by atoms with E-state index in [0.717, 1.165) is 30.3 Å². The van der Waals surface area contributed by atoms with E-state index in [2.05, 4.69) is 12.2 Å². The molecule has 2 rings (SSSR count). The summed E-state index contributed by atoms with van der Waals surface area (Å²) in [6.45, 7) is 7.75. The molecule has 1 amide bonds. The molecule has 1 atom stereocenters. The van der Waals surface area contributed by atoms with Gasteiger partial charge in [0.05, 0.1) is 0 Å². The lowest BCUT2D eigenvalue weighted by atomic mass is 10.1. The molecular formula is C16H24N2O. The molecule has 3 nitrogen and oxygen atoms in total. The van der Waals surface area contributed by atoms with Crippen molar-refractivity contribution in [2.45, 2.75) is 39.7 Å². The maximum atomic E-state index is 12.3. The van der Waals surface area contributed by atoms with Gasteiger partial charge in [-0.2, -0.15) is 0 Å². The fourth-order valence-corrected chi connectivity index (χ4v) is 2.41. The van der Waals surface area contributed by atoms with Crippen LogP contribution in [0.15, 0.2) is 24.3 Å². The highest BCUT2D eigenvalue weighted by molar-refractivity contribution is 5.95. The maximum absolute atomic E-state index is 12.3. The van der Waals surface area contributed by atoms with E-state index in [1.54, 1.807) is 0 Å². The molecule has 0 heterocycles. The average molecular weight is 260 g/mol. The Kier molecular flexibility index (Phi) is 4.46. The van der Waals surface area contributed by atoms with E-state index in [-0.39, 0.29) is 5.91 Å². The topological polar surface area (TPSA) is 32.3 Å². The van der Waals surface area contributed by atoms with Crippen LogP contribution >= 0.6 is 0 Å². The largest absolute Gasteiger partial charge is 0.382 e. The van der Waals surface area contributed by atoms with Crippen molar-refractivity contribution in [1.82, 2.24) is 4.90 Å². The number of hydrogen-bond donors (Lipinski definition) is 1.